The van der Waals surface area contributed by atoms with Crippen molar-refractivity contribution in [2.75, 3.05) is 20.6 Å². The molecule has 1 aliphatic rings. The second-order valence-corrected chi connectivity index (χ2v) is 3.97. The SMILES string of the molecule is CN(C)C(=O)CCCNC1CCC1. The first kappa shape index (κ1) is 10.5. The number of nitrogens with zero attached hydrogens (tertiary/aromatic N) is 1. The van der Waals surface area contributed by atoms with E-state index in [0.29, 0.717) is 6.42 Å². The molecule has 1 amide bonds. The Morgan fingerprint density at radius 1 is 1.46 bits per heavy atom. The Labute approximate surface area is 80.5 Å². The van der Waals surface area contributed by atoms with E-state index in [1.165, 1.54) is 19.3 Å². The van der Waals surface area contributed by atoms with E-state index in [4.69, 9.17) is 0 Å². The van der Waals surface area contributed by atoms with Crippen LogP contribution in [-0.2, 0) is 4.79 Å². The van der Waals surface area contributed by atoms with Crippen LogP contribution in [0.15, 0.2) is 0 Å². The molecule has 76 valence electrons. The van der Waals surface area contributed by atoms with Crippen LogP contribution in [0.1, 0.15) is 32.1 Å². The highest BCUT2D eigenvalue weighted by atomic mass is 16.2. The van der Waals surface area contributed by atoms with Crippen LogP contribution < -0.4 is 5.32 Å². The van der Waals surface area contributed by atoms with E-state index in [-0.39, 0.29) is 5.91 Å². The molecule has 1 aliphatic carbocycles. The van der Waals surface area contributed by atoms with Gasteiger partial charge in [0.05, 0.1) is 0 Å². The van der Waals surface area contributed by atoms with Crippen molar-refractivity contribution >= 4 is 5.91 Å². The first-order chi connectivity index (χ1) is 6.20. The van der Waals surface area contributed by atoms with Crippen LogP contribution in [-0.4, -0.2) is 37.5 Å². The monoisotopic (exact) mass is 184 g/mol. The zero-order valence-corrected chi connectivity index (χ0v) is 8.68. The standard InChI is InChI=1S/C10H20N2O/c1-12(2)10(13)7-4-8-11-9-5-3-6-9/h9,11H,3-8H2,1-2H3. The fourth-order valence-electron chi connectivity index (χ4n) is 1.38. The topological polar surface area (TPSA) is 32.3 Å². The molecule has 0 heterocycles. The molecule has 1 saturated carbocycles. The van der Waals surface area contributed by atoms with Crippen LogP contribution in [0.3, 0.4) is 0 Å². The zero-order chi connectivity index (χ0) is 9.68. The largest absolute Gasteiger partial charge is 0.349 e. The highest BCUT2D eigenvalue weighted by Gasteiger charge is 2.15. The van der Waals surface area contributed by atoms with Crippen molar-refractivity contribution in [2.24, 2.45) is 0 Å². The lowest BCUT2D eigenvalue weighted by atomic mass is 9.93. The number of amides is 1. The average molecular weight is 184 g/mol. The van der Waals surface area contributed by atoms with Gasteiger partial charge in [-0.15, -0.1) is 0 Å². The van der Waals surface area contributed by atoms with Crippen molar-refractivity contribution in [3.63, 3.8) is 0 Å². The molecule has 0 unspecified atom stereocenters. The molecule has 0 aromatic rings. The van der Waals surface area contributed by atoms with Crippen LogP contribution in [0.2, 0.25) is 0 Å². The molecule has 0 spiro atoms. The molecule has 1 fully saturated rings. The lowest BCUT2D eigenvalue weighted by molar-refractivity contribution is -0.128. The summed E-state index contributed by atoms with van der Waals surface area (Å²) in [7, 11) is 3.61. The van der Waals surface area contributed by atoms with Gasteiger partial charge < -0.3 is 10.2 Å². The number of carbonyl (C=O) groups excluding carboxylic acids is 1. The summed E-state index contributed by atoms with van der Waals surface area (Å²) in [6.07, 6.45) is 5.65. The third-order valence-electron chi connectivity index (χ3n) is 2.60. The second-order valence-electron chi connectivity index (χ2n) is 3.97. The van der Waals surface area contributed by atoms with Crippen LogP contribution in [0, 0.1) is 0 Å². The van der Waals surface area contributed by atoms with Gasteiger partial charge in [0.25, 0.3) is 0 Å². The maximum atomic E-state index is 11.2. The molecule has 13 heavy (non-hydrogen) atoms. The molecule has 0 atom stereocenters. The zero-order valence-electron chi connectivity index (χ0n) is 8.68. The highest BCUT2D eigenvalue weighted by molar-refractivity contribution is 5.75. The maximum absolute atomic E-state index is 11.2. The fraction of sp³-hybridized carbons (Fsp3) is 0.900. The van der Waals surface area contributed by atoms with Crippen molar-refractivity contribution in [2.45, 2.75) is 38.1 Å². The summed E-state index contributed by atoms with van der Waals surface area (Å²) in [5.74, 6) is 0.232. The van der Waals surface area contributed by atoms with Crippen molar-refractivity contribution < 1.29 is 4.79 Å². The Bertz CT molecular complexity index is 164. The Hall–Kier alpha value is -0.570. The third-order valence-corrected chi connectivity index (χ3v) is 2.60. The average Bonchev–Trinajstić information content (AvgIpc) is 2.00. The van der Waals surface area contributed by atoms with Crippen LogP contribution in [0.25, 0.3) is 0 Å². The predicted molar refractivity (Wildman–Crippen MR) is 53.6 cm³/mol. The van der Waals surface area contributed by atoms with E-state index in [2.05, 4.69) is 5.32 Å². The first-order valence-electron chi connectivity index (χ1n) is 5.13. The molecular weight excluding hydrogens is 164 g/mol. The molecule has 0 bridgehead atoms. The van der Waals surface area contributed by atoms with Gasteiger partial charge in [-0.3, -0.25) is 4.79 Å². The van der Waals surface area contributed by atoms with E-state index in [1.54, 1.807) is 4.90 Å². The van der Waals surface area contributed by atoms with Crippen LogP contribution >= 0.6 is 0 Å². The van der Waals surface area contributed by atoms with Crippen LogP contribution in [0.4, 0.5) is 0 Å². The second kappa shape index (κ2) is 5.22. The molecular formula is C10H20N2O. The molecule has 0 aromatic heterocycles. The number of hydrogen-bond donors (Lipinski definition) is 1. The van der Waals surface area contributed by atoms with Crippen molar-refractivity contribution in [1.29, 1.82) is 0 Å². The van der Waals surface area contributed by atoms with Gasteiger partial charge in [-0.25, -0.2) is 0 Å². The molecule has 0 radical (unpaired) electrons. The normalized spacial score (nSPS) is 16.8. The minimum Gasteiger partial charge on any atom is -0.349 e. The van der Waals surface area contributed by atoms with Gasteiger partial charge in [0.2, 0.25) is 5.91 Å². The third kappa shape index (κ3) is 3.77. The van der Waals surface area contributed by atoms with E-state index in [1.807, 2.05) is 14.1 Å². The summed E-state index contributed by atoms with van der Waals surface area (Å²) in [6.45, 7) is 0.990. The van der Waals surface area contributed by atoms with Crippen molar-refractivity contribution in [1.82, 2.24) is 10.2 Å². The summed E-state index contributed by atoms with van der Waals surface area (Å²) in [4.78, 5) is 12.8. The lowest BCUT2D eigenvalue weighted by Crippen LogP contribution is -2.36. The number of nitrogens with one attached hydrogen (secondary N) is 1. The summed E-state index contributed by atoms with van der Waals surface area (Å²) in [6, 6.07) is 0.745. The summed E-state index contributed by atoms with van der Waals surface area (Å²) < 4.78 is 0. The van der Waals surface area contributed by atoms with Gasteiger partial charge in [-0.05, 0) is 25.8 Å². The van der Waals surface area contributed by atoms with E-state index in [9.17, 15) is 4.79 Å². The molecule has 1 rings (SSSR count). The summed E-state index contributed by atoms with van der Waals surface area (Å²) >= 11 is 0. The molecule has 3 heteroatoms. The predicted octanol–water partition coefficient (Wildman–Crippen LogP) is 0.997. The van der Waals surface area contributed by atoms with Gasteiger partial charge in [-0.1, -0.05) is 6.42 Å². The van der Waals surface area contributed by atoms with Gasteiger partial charge in [-0.2, -0.15) is 0 Å². The van der Waals surface area contributed by atoms with Crippen LogP contribution in [0.5, 0.6) is 0 Å². The lowest BCUT2D eigenvalue weighted by Gasteiger charge is -2.26. The fourth-order valence-corrected chi connectivity index (χ4v) is 1.38. The number of hydrogen-bond acceptors (Lipinski definition) is 2. The number of carbonyl (C=O) groups is 1. The van der Waals surface area contributed by atoms with Gasteiger partial charge in [0.1, 0.15) is 0 Å². The molecule has 0 aliphatic heterocycles. The van der Waals surface area contributed by atoms with Crippen molar-refractivity contribution in [3.05, 3.63) is 0 Å². The Morgan fingerprint density at radius 2 is 2.15 bits per heavy atom. The van der Waals surface area contributed by atoms with E-state index >= 15 is 0 Å². The van der Waals surface area contributed by atoms with E-state index in [0.717, 1.165) is 19.0 Å². The number of rotatable bonds is 5. The summed E-state index contributed by atoms with van der Waals surface area (Å²) in [5, 5.41) is 3.44. The minimum atomic E-state index is 0.232. The Morgan fingerprint density at radius 3 is 2.62 bits per heavy atom. The minimum absolute atomic E-state index is 0.232. The summed E-state index contributed by atoms with van der Waals surface area (Å²) in [5.41, 5.74) is 0. The molecule has 0 aromatic carbocycles. The Kier molecular flexibility index (Phi) is 4.22. The smallest absolute Gasteiger partial charge is 0.222 e. The van der Waals surface area contributed by atoms with Gasteiger partial charge in [0.15, 0.2) is 0 Å². The molecule has 3 nitrogen and oxygen atoms in total. The Balaban J connectivity index is 1.91. The quantitative estimate of drug-likeness (QED) is 0.646. The van der Waals surface area contributed by atoms with Gasteiger partial charge in [0, 0.05) is 26.6 Å². The first-order valence-corrected chi connectivity index (χ1v) is 5.13. The van der Waals surface area contributed by atoms with E-state index < -0.39 is 0 Å². The van der Waals surface area contributed by atoms with Crippen molar-refractivity contribution in [3.8, 4) is 0 Å². The molecule has 0 saturated heterocycles. The molecule has 1 N–H and O–H groups in total. The van der Waals surface area contributed by atoms with Gasteiger partial charge >= 0.3 is 0 Å². The maximum Gasteiger partial charge on any atom is 0.222 e. The highest BCUT2D eigenvalue weighted by Crippen LogP contribution is 2.17.